The summed E-state index contributed by atoms with van der Waals surface area (Å²) in [5.41, 5.74) is 2.26. The van der Waals surface area contributed by atoms with Gasteiger partial charge in [0.15, 0.2) is 0 Å². The van der Waals surface area contributed by atoms with Crippen LogP contribution in [0.25, 0.3) is 10.9 Å². The summed E-state index contributed by atoms with van der Waals surface area (Å²) in [5, 5.41) is 6.68. The molecular formula is C19H22N4O3. The summed E-state index contributed by atoms with van der Waals surface area (Å²) in [6.07, 6.45) is 3.62. The molecule has 7 heteroatoms. The number of likely N-dealkylation sites (tertiary alicyclic amines) is 1. The Morgan fingerprint density at radius 2 is 2.19 bits per heavy atom. The van der Waals surface area contributed by atoms with E-state index in [0.717, 1.165) is 35.0 Å². The summed E-state index contributed by atoms with van der Waals surface area (Å²) in [4.78, 5) is 30.4. The first kappa shape index (κ1) is 16.6. The number of ether oxygens (including phenoxy) is 1. The standard InChI is InChI=1S/C19H22N4O3/c1-13-5-6-15(14-4-2-9-20-16(13)14)22-17(24)23-10-3-7-19(8-11-23)12-21-18(25)26-19/h2,4-6,9H,3,7-8,10-12H2,1H3,(H,21,25)(H,22,24)/t19-/m0/s1. The van der Waals surface area contributed by atoms with E-state index in [1.807, 2.05) is 31.2 Å². The molecule has 26 heavy (non-hydrogen) atoms. The number of aromatic nitrogens is 1. The monoisotopic (exact) mass is 354 g/mol. The highest BCUT2D eigenvalue weighted by Gasteiger charge is 2.41. The number of nitrogens with zero attached hydrogens (tertiary/aromatic N) is 2. The number of aryl methyl sites for hydroxylation is 1. The van der Waals surface area contributed by atoms with Gasteiger partial charge in [-0.1, -0.05) is 6.07 Å². The average molecular weight is 354 g/mol. The Labute approximate surface area is 151 Å². The number of carbonyl (C=O) groups excluding carboxylic acids is 2. The lowest BCUT2D eigenvalue weighted by atomic mass is 9.95. The van der Waals surface area contributed by atoms with Crippen LogP contribution in [0.1, 0.15) is 24.8 Å². The molecule has 2 fully saturated rings. The van der Waals surface area contributed by atoms with Gasteiger partial charge in [0, 0.05) is 31.1 Å². The van der Waals surface area contributed by atoms with Gasteiger partial charge in [0.05, 0.1) is 17.7 Å². The summed E-state index contributed by atoms with van der Waals surface area (Å²) >= 11 is 0. The van der Waals surface area contributed by atoms with E-state index in [4.69, 9.17) is 4.74 Å². The van der Waals surface area contributed by atoms with Gasteiger partial charge in [-0.05, 0) is 43.5 Å². The van der Waals surface area contributed by atoms with Crippen molar-refractivity contribution in [1.29, 1.82) is 0 Å². The van der Waals surface area contributed by atoms with Crippen LogP contribution in [0.15, 0.2) is 30.5 Å². The molecule has 0 saturated carbocycles. The fraction of sp³-hybridized carbons (Fsp3) is 0.421. The first-order valence-electron chi connectivity index (χ1n) is 8.93. The lowest BCUT2D eigenvalue weighted by Crippen LogP contribution is -2.38. The van der Waals surface area contributed by atoms with Gasteiger partial charge in [0.1, 0.15) is 5.60 Å². The SMILES string of the molecule is Cc1ccc(NC(=O)N2CCC[C@]3(CC2)CNC(=O)O3)c2cccnc12. The molecule has 2 N–H and O–H groups in total. The Kier molecular flexibility index (Phi) is 4.14. The molecule has 3 heterocycles. The topological polar surface area (TPSA) is 83.6 Å². The van der Waals surface area contributed by atoms with Gasteiger partial charge in [-0.3, -0.25) is 4.98 Å². The molecule has 0 bridgehead atoms. The summed E-state index contributed by atoms with van der Waals surface area (Å²) in [6.45, 7) is 3.73. The molecule has 1 aromatic carbocycles. The number of hydrogen-bond acceptors (Lipinski definition) is 4. The van der Waals surface area contributed by atoms with Crippen molar-refractivity contribution in [2.45, 2.75) is 31.8 Å². The van der Waals surface area contributed by atoms with Crippen molar-refractivity contribution in [2.24, 2.45) is 0 Å². The van der Waals surface area contributed by atoms with Crippen molar-refractivity contribution in [2.75, 3.05) is 25.0 Å². The number of alkyl carbamates (subject to hydrolysis) is 1. The van der Waals surface area contributed by atoms with Crippen LogP contribution in [-0.2, 0) is 4.74 Å². The molecule has 1 spiro atoms. The number of carbonyl (C=O) groups is 2. The third-order valence-electron chi connectivity index (χ3n) is 5.26. The van der Waals surface area contributed by atoms with E-state index in [1.54, 1.807) is 11.1 Å². The van der Waals surface area contributed by atoms with Gasteiger partial charge in [-0.2, -0.15) is 0 Å². The predicted octanol–water partition coefficient (Wildman–Crippen LogP) is 3.04. The maximum absolute atomic E-state index is 12.8. The zero-order chi connectivity index (χ0) is 18.1. The van der Waals surface area contributed by atoms with E-state index in [-0.39, 0.29) is 12.1 Å². The summed E-state index contributed by atoms with van der Waals surface area (Å²) in [7, 11) is 0. The van der Waals surface area contributed by atoms with Gasteiger partial charge < -0.3 is 20.3 Å². The van der Waals surface area contributed by atoms with Crippen molar-refractivity contribution in [1.82, 2.24) is 15.2 Å². The van der Waals surface area contributed by atoms with Crippen LogP contribution in [0.3, 0.4) is 0 Å². The normalized spacial score (nSPS) is 22.8. The van der Waals surface area contributed by atoms with Crippen molar-refractivity contribution < 1.29 is 14.3 Å². The lowest BCUT2D eigenvalue weighted by Gasteiger charge is -2.25. The first-order valence-corrected chi connectivity index (χ1v) is 8.93. The van der Waals surface area contributed by atoms with E-state index in [2.05, 4.69) is 15.6 Å². The minimum absolute atomic E-state index is 0.131. The van der Waals surface area contributed by atoms with Crippen LogP contribution in [0.2, 0.25) is 0 Å². The number of fused-ring (bicyclic) bond motifs is 1. The smallest absolute Gasteiger partial charge is 0.407 e. The van der Waals surface area contributed by atoms with Crippen molar-refractivity contribution >= 4 is 28.7 Å². The van der Waals surface area contributed by atoms with E-state index in [1.165, 1.54) is 0 Å². The molecule has 1 atom stereocenters. The Balaban J connectivity index is 1.49. The number of benzene rings is 1. The largest absolute Gasteiger partial charge is 0.441 e. The first-order chi connectivity index (χ1) is 12.6. The number of pyridine rings is 1. The van der Waals surface area contributed by atoms with Crippen LogP contribution in [0.4, 0.5) is 15.3 Å². The Bertz CT molecular complexity index is 869. The van der Waals surface area contributed by atoms with Crippen molar-refractivity contribution in [3.05, 3.63) is 36.0 Å². The molecule has 7 nitrogen and oxygen atoms in total. The van der Waals surface area contributed by atoms with Crippen LogP contribution in [-0.4, -0.2) is 47.2 Å². The highest BCUT2D eigenvalue weighted by atomic mass is 16.6. The van der Waals surface area contributed by atoms with Gasteiger partial charge in [-0.15, -0.1) is 0 Å². The van der Waals surface area contributed by atoms with Gasteiger partial charge in [0.2, 0.25) is 0 Å². The molecule has 136 valence electrons. The van der Waals surface area contributed by atoms with E-state index in [9.17, 15) is 9.59 Å². The van der Waals surface area contributed by atoms with Crippen LogP contribution in [0, 0.1) is 6.92 Å². The zero-order valence-electron chi connectivity index (χ0n) is 14.7. The summed E-state index contributed by atoms with van der Waals surface area (Å²) < 4.78 is 5.47. The van der Waals surface area contributed by atoms with Crippen LogP contribution in [0.5, 0.6) is 0 Å². The van der Waals surface area contributed by atoms with Gasteiger partial charge in [-0.25, -0.2) is 9.59 Å². The molecule has 4 rings (SSSR count). The molecule has 2 aromatic rings. The van der Waals surface area contributed by atoms with Crippen LogP contribution >= 0.6 is 0 Å². The second-order valence-electron chi connectivity index (χ2n) is 7.03. The maximum atomic E-state index is 12.8. The number of hydrogen-bond donors (Lipinski definition) is 2. The number of anilines is 1. The maximum Gasteiger partial charge on any atom is 0.407 e. The third kappa shape index (κ3) is 3.05. The summed E-state index contributed by atoms with van der Waals surface area (Å²) in [6, 6.07) is 7.58. The molecule has 0 unspecified atom stereocenters. The van der Waals surface area contributed by atoms with Gasteiger partial charge in [0.25, 0.3) is 0 Å². The third-order valence-corrected chi connectivity index (χ3v) is 5.26. The van der Waals surface area contributed by atoms with Crippen molar-refractivity contribution in [3.8, 4) is 0 Å². The quantitative estimate of drug-likeness (QED) is 0.824. The molecule has 2 aliphatic heterocycles. The molecule has 2 saturated heterocycles. The van der Waals surface area contributed by atoms with Gasteiger partial charge >= 0.3 is 12.1 Å². The Morgan fingerprint density at radius 3 is 3.00 bits per heavy atom. The number of nitrogens with one attached hydrogen (secondary N) is 2. The molecule has 0 radical (unpaired) electrons. The molecular weight excluding hydrogens is 332 g/mol. The summed E-state index contributed by atoms with van der Waals surface area (Å²) in [5.74, 6) is 0. The number of urea groups is 1. The van der Waals surface area contributed by atoms with Crippen LogP contribution < -0.4 is 10.6 Å². The number of amides is 3. The highest BCUT2D eigenvalue weighted by Crippen LogP contribution is 2.30. The van der Waals surface area contributed by atoms with E-state index < -0.39 is 5.60 Å². The highest BCUT2D eigenvalue weighted by molar-refractivity contribution is 6.01. The lowest BCUT2D eigenvalue weighted by molar-refractivity contribution is 0.0454. The molecule has 2 aliphatic rings. The number of rotatable bonds is 1. The van der Waals surface area contributed by atoms with E-state index >= 15 is 0 Å². The molecule has 1 aromatic heterocycles. The van der Waals surface area contributed by atoms with Crippen molar-refractivity contribution in [3.63, 3.8) is 0 Å². The fourth-order valence-corrected chi connectivity index (χ4v) is 3.77. The molecule has 3 amide bonds. The Hall–Kier alpha value is -2.83. The Morgan fingerprint density at radius 1 is 1.31 bits per heavy atom. The fourth-order valence-electron chi connectivity index (χ4n) is 3.77. The predicted molar refractivity (Wildman–Crippen MR) is 98.1 cm³/mol. The second-order valence-corrected chi connectivity index (χ2v) is 7.03. The minimum atomic E-state index is -0.466. The molecule has 0 aliphatic carbocycles. The minimum Gasteiger partial charge on any atom is -0.441 e. The average Bonchev–Trinajstić information content (AvgIpc) is 2.88. The zero-order valence-corrected chi connectivity index (χ0v) is 14.7. The second kappa shape index (κ2) is 6.48. The van der Waals surface area contributed by atoms with E-state index in [0.29, 0.717) is 26.1 Å².